The highest BCUT2D eigenvalue weighted by atomic mass is 79.9. The van der Waals surface area contributed by atoms with Crippen molar-refractivity contribution in [3.63, 3.8) is 0 Å². The first-order valence-corrected chi connectivity index (χ1v) is 7.94. The molecule has 0 spiro atoms. The van der Waals surface area contributed by atoms with Crippen molar-refractivity contribution in [3.05, 3.63) is 70.7 Å². The molecule has 1 N–H and O–H groups in total. The number of nitrogens with zero attached hydrogens (tertiary/aromatic N) is 1. The van der Waals surface area contributed by atoms with E-state index in [0.29, 0.717) is 17.9 Å². The minimum atomic E-state index is -0.361. The predicted molar refractivity (Wildman–Crippen MR) is 97.9 cm³/mol. The lowest BCUT2D eigenvalue weighted by atomic mass is 10.2. The van der Waals surface area contributed by atoms with E-state index in [-0.39, 0.29) is 5.91 Å². The summed E-state index contributed by atoms with van der Waals surface area (Å²) in [6.45, 7) is 3.91. The van der Waals surface area contributed by atoms with Gasteiger partial charge in [-0.2, -0.15) is 5.10 Å². The molecule has 0 bridgehead atoms. The summed E-state index contributed by atoms with van der Waals surface area (Å²) >= 11 is 3.35. The summed E-state index contributed by atoms with van der Waals surface area (Å²) in [5.41, 5.74) is 3.72. The number of ether oxygens (including phenoxy) is 2. The average molecular weight is 389 g/mol. The fraction of sp³-hybridized carbons (Fsp3) is 0.111. The van der Waals surface area contributed by atoms with Gasteiger partial charge < -0.3 is 9.47 Å². The lowest BCUT2D eigenvalue weighted by Gasteiger charge is -2.09. The summed E-state index contributed by atoms with van der Waals surface area (Å²) in [6, 6.07) is 12.5. The second kappa shape index (κ2) is 8.88. The molecule has 0 saturated carbocycles. The van der Waals surface area contributed by atoms with Gasteiger partial charge in [0.15, 0.2) is 0 Å². The van der Waals surface area contributed by atoms with Gasteiger partial charge in [-0.05, 0) is 48.0 Å². The van der Waals surface area contributed by atoms with Crippen LogP contribution in [0.2, 0.25) is 0 Å². The smallest absolute Gasteiger partial charge is 0.275 e. The summed E-state index contributed by atoms with van der Waals surface area (Å²) in [5, 5.41) is 3.97. The zero-order valence-electron chi connectivity index (χ0n) is 13.2. The topological polar surface area (TPSA) is 59.9 Å². The first-order valence-electron chi connectivity index (χ1n) is 7.14. The third-order valence-corrected chi connectivity index (χ3v) is 3.53. The van der Waals surface area contributed by atoms with Crippen LogP contribution in [0.1, 0.15) is 15.9 Å². The quantitative estimate of drug-likeness (QED) is 0.445. The lowest BCUT2D eigenvalue weighted by Crippen LogP contribution is -2.18. The highest BCUT2D eigenvalue weighted by Crippen LogP contribution is 2.23. The van der Waals surface area contributed by atoms with Crippen molar-refractivity contribution < 1.29 is 14.3 Å². The van der Waals surface area contributed by atoms with Crippen LogP contribution >= 0.6 is 15.9 Å². The van der Waals surface area contributed by atoms with Gasteiger partial charge >= 0.3 is 0 Å². The third-order valence-electron chi connectivity index (χ3n) is 3.04. The summed E-state index contributed by atoms with van der Waals surface area (Å²) in [6.07, 6.45) is 3.17. The molecule has 2 aromatic carbocycles. The molecule has 0 saturated heterocycles. The molecule has 6 heteroatoms. The molecule has 0 aliphatic carbocycles. The fourth-order valence-electron chi connectivity index (χ4n) is 1.87. The van der Waals surface area contributed by atoms with Gasteiger partial charge in [0.2, 0.25) is 0 Å². The molecule has 0 aliphatic rings. The third kappa shape index (κ3) is 4.96. The molecule has 5 nitrogen and oxygen atoms in total. The van der Waals surface area contributed by atoms with E-state index < -0.39 is 0 Å². The molecule has 24 heavy (non-hydrogen) atoms. The van der Waals surface area contributed by atoms with E-state index in [0.717, 1.165) is 15.8 Å². The Balaban J connectivity index is 2.06. The van der Waals surface area contributed by atoms with E-state index in [2.05, 4.69) is 33.0 Å². The molecule has 2 rings (SSSR count). The SMILES string of the molecule is C=CCOc1ccc(Br)cc1C(=O)NN=Cc1ccc(OC)cc1. The van der Waals surface area contributed by atoms with E-state index in [1.165, 1.54) is 0 Å². The van der Waals surface area contributed by atoms with Crippen LogP contribution in [0.5, 0.6) is 11.5 Å². The van der Waals surface area contributed by atoms with Gasteiger partial charge in [0.1, 0.15) is 18.1 Å². The van der Waals surface area contributed by atoms with Crippen molar-refractivity contribution in [1.82, 2.24) is 5.43 Å². The number of hydrogen-bond donors (Lipinski definition) is 1. The van der Waals surface area contributed by atoms with Crippen molar-refractivity contribution in [3.8, 4) is 11.5 Å². The van der Waals surface area contributed by atoms with E-state index in [9.17, 15) is 4.79 Å². The van der Waals surface area contributed by atoms with Gasteiger partial charge in [0.05, 0.1) is 18.9 Å². The molecular weight excluding hydrogens is 372 g/mol. The molecule has 124 valence electrons. The highest BCUT2D eigenvalue weighted by molar-refractivity contribution is 9.10. The second-order valence-electron chi connectivity index (χ2n) is 4.71. The van der Waals surface area contributed by atoms with Crippen LogP contribution in [0, 0.1) is 0 Å². The fourth-order valence-corrected chi connectivity index (χ4v) is 2.23. The van der Waals surface area contributed by atoms with E-state index >= 15 is 0 Å². The zero-order valence-corrected chi connectivity index (χ0v) is 14.7. The molecule has 0 unspecified atom stereocenters. The van der Waals surface area contributed by atoms with E-state index in [1.807, 2.05) is 24.3 Å². The number of carbonyl (C=O) groups excluding carboxylic acids is 1. The van der Waals surface area contributed by atoms with Crippen molar-refractivity contribution in [2.75, 3.05) is 13.7 Å². The van der Waals surface area contributed by atoms with Gasteiger partial charge in [-0.3, -0.25) is 4.79 Å². The van der Waals surface area contributed by atoms with E-state index in [1.54, 1.807) is 37.6 Å². The number of nitrogens with one attached hydrogen (secondary N) is 1. The molecule has 0 atom stereocenters. The Morgan fingerprint density at radius 3 is 2.71 bits per heavy atom. The highest BCUT2D eigenvalue weighted by Gasteiger charge is 2.12. The molecule has 0 fully saturated rings. The second-order valence-corrected chi connectivity index (χ2v) is 5.63. The summed E-state index contributed by atoms with van der Waals surface area (Å²) in [5.74, 6) is 0.865. The maximum absolute atomic E-state index is 12.3. The van der Waals surface area contributed by atoms with Crippen LogP contribution in [0.25, 0.3) is 0 Å². The van der Waals surface area contributed by atoms with Gasteiger partial charge in [0, 0.05) is 4.47 Å². The van der Waals surface area contributed by atoms with Crippen molar-refractivity contribution in [1.29, 1.82) is 0 Å². The van der Waals surface area contributed by atoms with Gasteiger partial charge in [-0.1, -0.05) is 28.6 Å². The summed E-state index contributed by atoms with van der Waals surface area (Å²) < 4.78 is 11.3. The molecule has 0 radical (unpaired) electrons. The van der Waals surface area contributed by atoms with Crippen molar-refractivity contribution in [2.45, 2.75) is 0 Å². The molecule has 0 heterocycles. The maximum atomic E-state index is 12.3. The molecule has 0 aliphatic heterocycles. The number of benzene rings is 2. The van der Waals surface area contributed by atoms with Crippen LogP contribution in [0.4, 0.5) is 0 Å². The standard InChI is InChI=1S/C18H17BrN2O3/c1-3-10-24-17-9-6-14(19)11-16(17)18(22)21-20-12-13-4-7-15(23-2)8-5-13/h3-9,11-12H,1,10H2,2H3,(H,21,22). The minimum Gasteiger partial charge on any atom is -0.497 e. The van der Waals surface area contributed by atoms with Gasteiger partial charge in [-0.25, -0.2) is 5.43 Å². The number of hydrazone groups is 1. The molecule has 2 aromatic rings. The van der Waals surface area contributed by atoms with Gasteiger partial charge in [0.25, 0.3) is 5.91 Å². The Morgan fingerprint density at radius 1 is 1.29 bits per heavy atom. The van der Waals surface area contributed by atoms with Crippen molar-refractivity contribution >= 4 is 28.1 Å². The molecular formula is C18H17BrN2O3. The monoisotopic (exact) mass is 388 g/mol. The normalized spacial score (nSPS) is 10.4. The first kappa shape index (κ1) is 17.7. The Bertz CT molecular complexity index is 742. The van der Waals surface area contributed by atoms with E-state index in [4.69, 9.17) is 9.47 Å². The number of methoxy groups -OCH3 is 1. The Labute approximate surface area is 149 Å². The summed E-state index contributed by atoms with van der Waals surface area (Å²) in [4.78, 5) is 12.3. The number of carbonyl (C=O) groups is 1. The van der Waals surface area contributed by atoms with Crippen LogP contribution in [0.3, 0.4) is 0 Å². The number of hydrogen-bond acceptors (Lipinski definition) is 4. The number of amides is 1. The Morgan fingerprint density at radius 2 is 2.04 bits per heavy atom. The Hall–Kier alpha value is -2.60. The first-order chi connectivity index (χ1) is 11.6. The van der Waals surface area contributed by atoms with Crippen molar-refractivity contribution in [2.24, 2.45) is 5.10 Å². The van der Waals surface area contributed by atoms with Crippen LogP contribution < -0.4 is 14.9 Å². The molecule has 1 amide bonds. The summed E-state index contributed by atoms with van der Waals surface area (Å²) in [7, 11) is 1.60. The average Bonchev–Trinajstić information content (AvgIpc) is 2.61. The largest absolute Gasteiger partial charge is 0.497 e. The number of rotatable bonds is 7. The van der Waals surface area contributed by atoms with Gasteiger partial charge in [-0.15, -0.1) is 0 Å². The van der Waals surface area contributed by atoms with Crippen LogP contribution in [0.15, 0.2) is 64.7 Å². The minimum absolute atomic E-state index is 0.316. The zero-order chi connectivity index (χ0) is 17.4. The Kier molecular flexibility index (Phi) is 6.57. The predicted octanol–water partition coefficient (Wildman–Crippen LogP) is 3.79. The lowest BCUT2D eigenvalue weighted by molar-refractivity contribution is 0.0951. The number of halogens is 1. The van der Waals surface area contributed by atoms with Crippen LogP contribution in [-0.4, -0.2) is 25.8 Å². The molecule has 0 aromatic heterocycles. The maximum Gasteiger partial charge on any atom is 0.275 e. The van der Waals surface area contributed by atoms with Crippen LogP contribution in [-0.2, 0) is 0 Å².